The van der Waals surface area contributed by atoms with Crippen molar-refractivity contribution in [1.29, 1.82) is 0 Å². The first-order chi connectivity index (χ1) is 17.2. The number of benzene rings is 2. The highest BCUT2D eigenvalue weighted by Crippen LogP contribution is 2.44. The molecule has 37 heavy (non-hydrogen) atoms. The van der Waals surface area contributed by atoms with Gasteiger partial charge in [0.05, 0.1) is 17.2 Å². The second kappa shape index (κ2) is 11.0. The largest absolute Gasteiger partial charge is 0.481 e. The number of hydrogen-bond acceptors (Lipinski definition) is 2. The zero-order chi connectivity index (χ0) is 27.5. The number of carbonyl (C=O) groups is 1. The van der Waals surface area contributed by atoms with E-state index in [-0.39, 0.29) is 30.9 Å². The number of nitrogens with zero attached hydrogens (tertiary/aromatic N) is 1. The average Bonchev–Trinajstić information content (AvgIpc) is 2.79. The lowest BCUT2D eigenvalue weighted by molar-refractivity contribution is -0.140. The van der Waals surface area contributed by atoms with Crippen LogP contribution in [0.4, 0.5) is 30.7 Å². The Kier molecular flexibility index (Phi) is 8.38. The fourth-order valence-corrected chi connectivity index (χ4v) is 4.56. The molecule has 3 rings (SSSR count). The molecule has 0 unspecified atom stereocenters. The number of halogens is 7. The van der Waals surface area contributed by atoms with Gasteiger partial charge in [-0.3, -0.25) is 9.69 Å². The summed E-state index contributed by atoms with van der Waals surface area (Å²) < 4.78 is 94.9. The molecule has 1 saturated heterocycles. The number of rotatable bonds is 5. The van der Waals surface area contributed by atoms with Gasteiger partial charge in [-0.1, -0.05) is 36.6 Å². The lowest BCUT2D eigenvalue weighted by Crippen LogP contribution is -2.40. The quantitative estimate of drug-likeness (QED) is 0.325. The van der Waals surface area contributed by atoms with Gasteiger partial charge < -0.3 is 5.11 Å². The van der Waals surface area contributed by atoms with Crippen LogP contribution in [0.1, 0.15) is 60.5 Å². The maximum absolute atomic E-state index is 13.9. The van der Waals surface area contributed by atoms with Crippen LogP contribution in [0.5, 0.6) is 0 Å². The highest BCUT2D eigenvalue weighted by Gasteiger charge is 2.40. The number of hydrogen-bond donors (Lipinski definition) is 1. The summed E-state index contributed by atoms with van der Waals surface area (Å²) in [4.78, 5) is 12.9. The van der Waals surface area contributed by atoms with E-state index < -0.39 is 47.3 Å². The molecule has 0 aliphatic carbocycles. The van der Waals surface area contributed by atoms with E-state index in [2.05, 4.69) is 18.4 Å². The van der Waals surface area contributed by atoms with E-state index in [0.29, 0.717) is 23.6 Å². The first kappa shape index (κ1) is 28.3. The van der Waals surface area contributed by atoms with Crippen LogP contribution in [0.2, 0.25) is 0 Å². The van der Waals surface area contributed by atoms with Crippen LogP contribution in [0.25, 0.3) is 0 Å². The number of alkyl halides is 6. The maximum Gasteiger partial charge on any atom is 0.416 e. The molecule has 1 heterocycles. The van der Waals surface area contributed by atoms with E-state index in [0.717, 1.165) is 24.3 Å². The van der Waals surface area contributed by atoms with Crippen molar-refractivity contribution >= 4 is 5.97 Å². The molecule has 0 saturated carbocycles. The van der Waals surface area contributed by atoms with Gasteiger partial charge >= 0.3 is 18.3 Å². The van der Waals surface area contributed by atoms with Crippen LogP contribution in [-0.4, -0.2) is 22.5 Å². The zero-order valence-electron chi connectivity index (χ0n) is 19.8. The van der Waals surface area contributed by atoms with Gasteiger partial charge in [-0.15, -0.1) is 0 Å². The second-order valence-corrected chi connectivity index (χ2v) is 9.04. The molecule has 0 amide bonds. The molecule has 2 aromatic rings. The zero-order valence-corrected chi connectivity index (χ0v) is 19.8. The van der Waals surface area contributed by atoms with Gasteiger partial charge in [0.1, 0.15) is 5.82 Å². The molecule has 1 aliphatic rings. The third-order valence-corrected chi connectivity index (χ3v) is 6.21. The van der Waals surface area contributed by atoms with Crippen LogP contribution >= 0.6 is 0 Å². The summed E-state index contributed by atoms with van der Waals surface area (Å²) in [5, 5.41) is 9.27. The van der Waals surface area contributed by atoms with Crippen molar-refractivity contribution in [2.45, 2.75) is 50.6 Å². The fraction of sp³-hybridized carbons (Fsp3) is 0.370. The summed E-state index contributed by atoms with van der Waals surface area (Å²) in [6.07, 6.45) is -9.19. The van der Waals surface area contributed by atoms with E-state index >= 15 is 0 Å². The smallest absolute Gasteiger partial charge is 0.416 e. The van der Waals surface area contributed by atoms with Gasteiger partial charge in [-0.25, -0.2) is 4.39 Å². The van der Waals surface area contributed by atoms with Crippen LogP contribution in [0.3, 0.4) is 0 Å². The van der Waals surface area contributed by atoms with Gasteiger partial charge in [0.2, 0.25) is 0 Å². The summed E-state index contributed by atoms with van der Waals surface area (Å²) in [6.45, 7) is 5.34. The monoisotopic (exact) mass is 527 g/mol. The molecule has 0 radical (unpaired) electrons. The van der Waals surface area contributed by atoms with Gasteiger partial charge in [0, 0.05) is 19.0 Å². The van der Waals surface area contributed by atoms with Gasteiger partial charge in [0.25, 0.3) is 0 Å². The highest BCUT2D eigenvalue weighted by molar-refractivity contribution is 5.67. The van der Waals surface area contributed by atoms with Crippen molar-refractivity contribution in [3.8, 4) is 11.8 Å². The molecule has 1 aliphatic heterocycles. The van der Waals surface area contributed by atoms with Gasteiger partial charge in [-0.2, -0.15) is 26.3 Å². The molecule has 3 atom stereocenters. The molecule has 198 valence electrons. The molecule has 3 nitrogen and oxygen atoms in total. The van der Waals surface area contributed by atoms with Crippen molar-refractivity contribution in [3.05, 3.63) is 82.7 Å². The number of carboxylic acid groups (broad SMARTS) is 1. The van der Waals surface area contributed by atoms with Crippen molar-refractivity contribution in [2.75, 3.05) is 6.54 Å². The van der Waals surface area contributed by atoms with Crippen molar-refractivity contribution in [3.63, 3.8) is 0 Å². The average molecular weight is 527 g/mol. The lowest BCUT2D eigenvalue weighted by atomic mass is 9.83. The molecule has 10 heteroatoms. The van der Waals surface area contributed by atoms with E-state index in [1.807, 2.05) is 0 Å². The molecule has 1 fully saturated rings. The number of aliphatic carboxylic acids is 1. The molecule has 0 bridgehead atoms. The fourth-order valence-electron chi connectivity index (χ4n) is 4.56. The number of piperidine rings is 1. The molecule has 0 spiro atoms. The molecule has 1 N–H and O–H groups in total. The highest BCUT2D eigenvalue weighted by atomic mass is 19.4. The molecular formula is C27H24F7NO2. The third-order valence-electron chi connectivity index (χ3n) is 6.21. The minimum atomic E-state index is -4.90. The first-order valence-corrected chi connectivity index (χ1v) is 11.3. The Hall–Kier alpha value is -3.32. The normalized spacial score (nSPS) is 19.6. The topological polar surface area (TPSA) is 40.5 Å². The Morgan fingerprint density at radius 2 is 1.76 bits per heavy atom. The molecule has 2 aromatic carbocycles. The summed E-state index contributed by atoms with van der Waals surface area (Å²) in [6, 6.07) is 4.56. The van der Waals surface area contributed by atoms with Crippen molar-refractivity contribution < 1.29 is 40.6 Å². The predicted molar refractivity (Wildman–Crippen MR) is 123 cm³/mol. The number of carboxylic acids is 1. The predicted octanol–water partition coefficient (Wildman–Crippen LogP) is 7.41. The number of likely N-dealkylation sites (tertiary alicyclic amines) is 1. The molecule has 0 aromatic heterocycles. The lowest BCUT2D eigenvalue weighted by Gasteiger charge is -2.43. The summed E-state index contributed by atoms with van der Waals surface area (Å²) in [5.41, 5.74) is -1.67. The van der Waals surface area contributed by atoms with E-state index in [9.17, 15) is 40.6 Å². The first-order valence-electron chi connectivity index (χ1n) is 11.3. The Bertz CT molecular complexity index is 1210. The standard InChI is InChI=1S/C27H24F7NO2/c1-16(2)3-10-23(21-9-8-20(28)15-22(21)27(32,33)34)35-12-11-17(14-25(36)37)13-24(35)18-4-6-19(7-5-18)26(29,30)31/h4-9,15,17,23-24H,1,11-14H2,2H3,(H,36,37)/t17-,23+,24+/m0/s1. The minimum Gasteiger partial charge on any atom is -0.481 e. The van der Waals surface area contributed by atoms with Crippen LogP contribution in [0.15, 0.2) is 54.6 Å². The van der Waals surface area contributed by atoms with Crippen LogP contribution in [-0.2, 0) is 17.1 Å². The summed E-state index contributed by atoms with van der Waals surface area (Å²) in [7, 11) is 0. The molecular weight excluding hydrogens is 503 g/mol. The Morgan fingerprint density at radius 3 is 2.30 bits per heavy atom. The van der Waals surface area contributed by atoms with E-state index in [4.69, 9.17) is 0 Å². The summed E-state index contributed by atoms with van der Waals surface area (Å²) in [5.74, 6) is 2.98. The van der Waals surface area contributed by atoms with Crippen molar-refractivity contribution in [1.82, 2.24) is 4.90 Å². The maximum atomic E-state index is 13.9. The van der Waals surface area contributed by atoms with Gasteiger partial charge in [-0.05, 0) is 66.6 Å². The number of allylic oxidation sites excluding steroid dienone is 1. The Labute approximate surface area is 209 Å². The van der Waals surface area contributed by atoms with Crippen LogP contribution in [0, 0.1) is 23.6 Å². The summed E-state index contributed by atoms with van der Waals surface area (Å²) >= 11 is 0. The van der Waals surface area contributed by atoms with E-state index in [1.54, 1.807) is 11.8 Å². The Morgan fingerprint density at radius 1 is 1.11 bits per heavy atom. The minimum absolute atomic E-state index is 0.119. The second-order valence-electron chi connectivity index (χ2n) is 9.04. The van der Waals surface area contributed by atoms with Crippen LogP contribution < -0.4 is 0 Å². The van der Waals surface area contributed by atoms with Gasteiger partial charge in [0.15, 0.2) is 0 Å². The Balaban J connectivity index is 2.15. The van der Waals surface area contributed by atoms with E-state index in [1.165, 1.54) is 12.1 Å². The SMILES string of the molecule is C=C(C)C#C[C@H](c1ccc(F)cc1C(F)(F)F)N1CC[C@H](CC(=O)O)C[C@@H]1c1ccc(C(F)(F)F)cc1. The van der Waals surface area contributed by atoms with Crippen molar-refractivity contribution in [2.24, 2.45) is 5.92 Å². The third kappa shape index (κ3) is 7.13.